The van der Waals surface area contributed by atoms with Gasteiger partial charge in [-0.25, -0.2) is 0 Å². The highest BCUT2D eigenvalue weighted by Gasteiger charge is 2.27. The van der Waals surface area contributed by atoms with Gasteiger partial charge in [0.2, 0.25) is 5.75 Å². The minimum Gasteiger partial charge on any atom is -0.493 e. The molecule has 1 heterocycles. The number of nitrogen functional groups attached to an aromatic ring is 1. The quantitative estimate of drug-likeness (QED) is 0.654. The maximum Gasteiger partial charge on any atom is 0.255 e. The maximum atomic E-state index is 13.1. The monoisotopic (exact) mass is 427 g/mol. The SMILES string of the molecule is COc1cc(C(=O)Nc2cc(N3[C@H](C)CCC[C@@H]3C)c(C)cc2N)cc(OC)c1OC. The van der Waals surface area contributed by atoms with Gasteiger partial charge in [0, 0.05) is 23.3 Å². The lowest BCUT2D eigenvalue weighted by Crippen LogP contribution is -2.44. The Labute approximate surface area is 184 Å². The van der Waals surface area contributed by atoms with Crippen molar-refractivity contribution < 1.29 is 19.0 Å². The van der Waals surface area contributed by atoms with Crippen LogP contribution < -0.4 is 30.2 Å². The number of nitrogens with two attached hydrogens (primary N) is 1. The molecule has 168 valence electrons. The fraction of sp³-hybridized carbons (Fsp3) is 0.458. The molecule has 2 atom stereocenters. The van der Waals surface area contributed by atoms with Gasteiger partial charge >= 0.3 is 0 Å². The summed E-state index contributed by atoms with van der Waals surface area (Å²) in [5, 5.41) is 2.96. The smallest absolute Gasteiger partial charge is 0.255 e. The molecule has 0 bridgehead atoms. The third-order valence-electron chi connectivity index (χ3n) is 6.01. The summed E-state index contributed by atoms with van der Waals surface area (Å²) >= 11 is 0. The number of anilines is 3. The highest BCUT2D eigenvalue weighted by molar-refractivity contribution is 6.07. The first kappa shape index (κ1) is 22.6. The van der Waals surface area contributed by atoms with Crippen molar-refractivity contribution in [1.29, 1.82) is 0 Å². The number of methoxy groups -OCH3 is 3. The minimum absolute atomic E-state index is 0.305. The van der Waals surface area contributed by atoms with Gasteiger partial charge in [0.1, 0.15) is 0 Å². The number of aryl methyl sites for hydroxylation is 1. The Morgan fingerprint density at radius 1 is 1.00 bits per heavy atom. The van der Waals surface area contributed by atoms with E-state index in [9.17, 15) is 4.79 Å². The fourth-order valence-electron chi connectivity index (χ4n) is 4.41. The first-order chi connectivity index (χ1) is 14.8. The Kier molecular flexibility index (Phi) is 6.83. The Hall–Kier alpha value is -3.09. The number of piperidine rings is 1. The predicted octanol–water partition coefficient (Wildman–Crippen LogP) is 4.62. The van der Waals surface area contributed by atoms with Crippen molar-refractivity contribution in [2.75, 3.05) is 37.3 Å². The van der Waals surface area contributed by atoms with Crippen molar-refractivity contribution >= 4 is 23.0 Å². The summed E-state index contributed by atoms with van der Waals surface area (Å²) < 4.78 is 16.1. The van der Waals surface area contributed by atoms with Gasteiger partial charge in [-0.3, -0.25) is 4.79 Å². The van der Waals surface area contributed by atoms with E-state index in [1.165, 1.54) is 27.8 Å². The highest BCUT2D eigenvalue weighted by atomic mass is 16.5. The van der Waals surface area contributed by atoms with Crippen LogP contribution >= 0.6 is 0 Å². The van der Waals surface area contributed by atoms with Gasteiger partial charge in [-0.2, -0.15) is 0 Å². The van der Waals surface area contributed by atoms with Crippen LogP contribution in [0.2, 0.25) is 0 Å². The summed E-state index contributed by atoms with van der Waals surface area (Å²) in [5.41, 5.74) is 9.98. The molecule has 0 aliphatic carbocycles. The molecule has 0 saturated carbocycles. The van der Waals surface area contributed by atoms with Gasteiger partial charge in [-0.05, 0) is 69.9 Å². The Morgan fingerprint density at radius 2 is 1.58 bits per heavy atom. The first-order valence-electron chi connectivity index (χ1n) is 10.6. The lowest BCUT2D eigenvalue weighted by atomic mass is 9.95. The molecule has 1 fully saturated rings. The van der Waals surface area contributed by atoms with E-state index in [0.29, 0.717) is 46.3 Å². The second-order valence-corrected chi connectivity index (χ2v) is 8.13. The van der Waals surface area contributed by atoms with E-state index in [0.717, 1.165) is 24.1 Å². The third kappa shape index (κ3) is 4.50. The van der Waals surface area contributed by atoms with Crippen LogP contribution in [-0.2, 0) is 0 Å². The zero-order valence-electron chi connectivity index (χ0n) is 19.2. The van der Waals surface area contributed by atoms with Gasteiger partial charge < -0.3 is 30.2 Å². The Bertz CT molecular complexity index is 925. The number of ether oxygens (including phenoxy) is 3. The van der Waals surface area contributed by atoms with Gasteiger partial charge in [0.05, 0.1) is 32.7 Å². The van der Waals surface area contributed by atoms with Gasteiger partial charge in [-0.1, -0.05) is 0 Å². The highest BCUT2D eigenvalue weighted by Crippen LogP contribution is 2.39. The van der Waals surface area contributed by atoms with Crippen molar-refractivity contribution in [3.63, 3.8) is 0 Å². The summed E-state index contributed by atoms with van der Waals surface area (Å²) in [6.07, 6.45) is 3.54. The average Bonchev–Trinajstić information content (AvgIpc) is 2.75. The number of nitrogens with zero attached hydrogens (tertiary/aromatic N) is 1. The number of carbonyl (C=O) groups excluding carboxylic acids is 1. The van der Waals surface area contributed by atoms with Crippen molar-refractivity contribution in [3.05, 3.63) is 35.4 Å². The van der Waals surface area contributed by atoms with E-state index in [-0.39, 0.29) is 5.91 Å². The lowest BCUT2D eigenvalue weighted by Gasteiger charge is -2.42. The molecule has 1 amide bonds. The average molecular weight is 428 g/mol. The summed E-state index contributed by atoms with van der Waals surface area (Å²) in [5.74, 6) is 0.966. The molecule has 0 spiro atoms. The van der Waals surface area contributed by atoms with Gasteiger partial charge in [0.15, 0.2) is 11.5 Å². The molecule has 2 aromatic rings. The topological polar surface area (TPSA) is 86.1 Å². The van der Waals surface area contributed by atoms with Crippen LogP contribution in [0.1, 0.15) is 49.0 Å². The molecule has 1 saturated heterocycles. The van der Waals surface area contributed by atoms with Crippen LogP contribution in [0.3, 0.4) is 0 Å². The van der Waals surface area contributed by atoms with Crippen LogP contribution in [0.25, 0.3) is 0 Å². The zero-order valence-corrected chi connectivity index (χ0v) is 19.2. The molecule has 7 heteroatoms. The molecule has 31 heavy (non-hydrogen) atoms. The van der Waals surface area contributed by atoms with E-state index in [1.54, 1.807) is 12.1 Å². The summed E-state index contributed by atoms with van der Waals surface area (Å²) in [6.45, 7) is 6.56. The van der Waals surface area contributed by atoms with Crippen LogP contribution in [0, 0.1) is 6.92 Å². The zero-order chi connectivity index (χ0) is 22.7. The Balaban J connectivity index is 1.95. The molecule has 2 aromatic carbocycles. The van der Waals surface area contributed by atoms with E-state index >= 15 is 0 Å². The van der Waals surface area contributed by atoms with Crippen molar-refractivity contribution in [2.45, 2.75) is 52.1 Å². The van der Waals surface area contributed by atoms with E-state index in [2.05, 4.69) is 31.0 Å². The van der Waals surface area contributed by atoms with Crippen LogP contribution in [0.5, 0.6) is 17.2 Å². The standard InChI is InChI=1S/C24H33N3O4/c1-14-10-18(25)19(13-20(14)27-15(2)8-7-9-16(27)3)26-24(28)17-11-21(29-4)23(31-6)22(12-17)30-5/h10-13,15-16H,7-9,25H2,1-6H3,(H,26,28)/t15-,16+. The summed E-state index contributed by atoms with van der Waals surface area (Å²) in [6, 6.07) is 8.02. The summed E-state index contributed by atoms with van der Waals surface area (Å²) in [4.78, 5) is 15.5. The first-order valence-corrected chi connectivity index (χ1v) is 10.6. The van der Waals surface area contributed by atoms with Gasteiger partial charge in [0.25, 0.3) is 5.91 Å². The molecule has 7 nitrogen and oxygen atoms in total. The predicted molar refractivity (Wildman–Crippen MR) is 125 cm³/mol. The normalized spacial score (nSPS) is 18.5. The van der Waals surface area contributed by atoms with E-state index in [4.69, 9.17) is 19.9 Å². The van der Waals surface area contributed by atoms with Crippen molar-refractivity contribution in [2.24, 2.45) is 0 Å². The summed E-state index contributed by atoms with van der Waals surface area (Å²) in [7, 11) is 4.56. The number of nitrogens with one attached hydrogen (secondary N) is 1. The molecular weight excluding hydrogens is 394 g/mol. The molecule has 1 aliphatic rings. The lowest BCUT2D eigenvalue weighted by molar-refractivity contribution is 0.102. The van der Waals surface area contributed by atoms with Crippen LogP contribution in [0.4, 0.5) is 17.1 Å². The number of hydrogen-bond donors (Lipinski definition) is 2. The minimum atomic E-state index is -0.305. The molecule has 0 radical (unpaired) electrons. The van der Waals surface area contributed by atoms with Gasteiger partial charge in [-0.15, -0.1) is 0 Å². The van der Waals surface area contributed by atoms with E-state index < -0.39 is 0 Å². The second-order valence-electron chi connectivity index (χ2n) is 8.13. The molecule has 0 unspecified atom stereocenters. The number of amides is 1. The van der Waals surface area contributed by atoms with Crippen molar-refractivity contribution in [3.8, 4) is 17.2 Å². The van der Waals surface area contributed by atoms with Crippen molar-refractivity contribution in [1.82, 2.24) is 0 Å². The fourth-order valence-corrected chi connectivity index (χ4v) is 4.41. The number of rotatable bonds is 6. The maximum absolute atomic E-state index is 13.1. The molecule has 3 rings (SSSR count). The molecule has 3 N–H and O–H groups in total. The third-order valence-corrected chi connectivity index (χ3v) is 6.01. The number of carbonyl (C=O) groups is 1. The van der Waals surface area contributed by atoms with Crippen LogP contribution in [-0.4, -0.2) is 39.3 Å². The van der Waals surface area contributed by atoms with Crippen LogP contribution in [0.15, 0.2) is 24.3 Å². The Morgan fingerprint density at radius 3 is 2.10 bits per heavy atom. The number of benzene rings is 2. The molecular formula is C24H33N3O4. The second kappa shape index (κ2) is 9.37. The van der Waals surface area contributed by atoms with E-state index in [1.807, 2.05) is 12.1 Å². The molecule has 0 aromatic heterocycles. The molecule has 1 aliphatic heterocycles. The number of hydrogen-bond acceptors (Lipinski definition) is 6. The largest absolute Gasteiger partial charge is 0.493 e.